The van der Waals surface area contributed by atoms with Crippen LogP contribution in [0.15, 0.2) is 0 Å². The zero-order valence-electron chi connectivity index (χ0n) is 11.6. The molecule has 1 fully saturated rings. The highest BCUT2D eigenvalue weighted by molar-refractivity contribution is 6.06. The Balaban J connectivity index is 2.84. The van der Waals surface area contributed by atoms with Crippen LogP contribution in [-0.2, 0) is 19.1 Å². The van der Waals surface area contributed by atoms with E-state index in [0.29, 0.717) is 6.61 Å². The topological polar surface area (TPSA) is 63.7 Å². The lowest BCUT2D eigenvalue weighted by Gasteiger charge is -2.52. The van der Waals surface area contributed by atoms with Gasteiger partial charge in [-0.2, -0.15) is 0 Å². The van der Waals surface area contributed by atoms with Crippen LogP contribution in [0.3, 0.4) is 0 Å². The summed E-state index contributed by atoms with van der Waals surface area (Å²) in [6, 6.07) is -0.367. The number of Topliss-reactive ketones (excluding diaryl/α,β-unsaturated/α-hetero) is 1. The van der Waals surface area contributed by atoms with E-state index in [1.54, 1.807) is 11.8 Å². The first kappa shape index (κ1) is 14.7. The van der Waals surface area contributed by atoms with Crippen molar-refractivity contribution in [1.82, 2.24) is 4.90 Å². The Morgan fingerprint density at radius 2 is 1.89 bits per heavy atom. The molecule has 102 valence electrons. The Morgan fingerprint density at radius 1 is 1.33 bits per heavy atom. The Morgan fingerprint density at radius 3 is 2.28 bits per heavy atom. The first-order valence-electron chi connectivity index (χ1n) is 6.19. The minimum atomic E-state index is -0.686. The van der Waals surface area contributed by atoms with Crippen molar-refractivity contribution in [3.63, 3.8) is 0 Å². The molecule has 0 aromatic rings. The van der Waals surface area contributed by atoms with Gasteiger partial charge < -0.3 is 9.64 Å². The molecule has 1 heterocycles. The van der Waals surface area contributed by atoms with Crippen LogP contribution in [0.5, 0.6) is 0 Å². The minimum absolute atomic E-state index is 0.0844. The summed E-state index contributed by atoms with van der Waals surface area (Å²) < 4.78 is 4.88. The summed E-state index contributed by atoms with van der Waals surface area (Å²) in [7, 11) is 0. The number of esters is 1. The van der Waals surface area contributed by atoms with Gasteiger partial charge in [0.15, 0.2) is 0 Å². The quantitative estimate of drug-likeness (QED) is 0.429. The molecule has 0 N–H and O–H groups in total. The first-order valence-corrected chi connectivity index (χ1v) is 6.19. The summed E-state index contributed by atoms with van der Waals surface area (Å²) in [6.07, 6.45) is 0.0844. The number of hydrogen-bond donors (Lipinski definition) is 0. The summed E-state index contributed by atoms with van der Waals surface area (Å²) in [5.41, 5.74) is -0.389. The molecule has 2 atom stereocenters. The van der Waals surface area contributed by atoms with Gasteiger partial charge in [0.25, 0.3) is 0 Å². The molecular weight excluding hydrogens is 234 g/mol. The van der Waals surface area contributed by atoms with E-state index in [9.17, 15) is 14.4 Å². The molecule has 1 amide bonds. The lowest BCUT2D eigenvalue weighted by Crippen LogP contribution is -2.69. The van der Waals surface area contributed by atoms with Gasteiger partial charge in [-0.3, -0.25) is 14.4 Å². The SMILES string of the molecule is CCOC(=O)C[C@@H]1[C@@H](C(C)=O)C(=O)N1C(C)(C)C. The highest BCUT2D eigenvalue weighted by Gasteiger charge is 2.54. The molecule has 0 spiro atoms. The summed E-state index contributed by atoms with van der Waals surface area (Å²) in [6.45, 7) is 9.09. The monoisotopic (exact) mass is 255 g/mol. The average Bonchev–Trinajstić information content (AvgIpc) is 2.13. The summed E-state index contributed by atoms with van der Waals surface area (Å²) in [5, 5.41) is 0. The van der Waals surface area contributed by atoms with Crippen molar-refractivity contribution < 1.29 is 19.1 Å². The molecule has 0 bridgehead atoms. The van der Waals surface area contributed by atoms with E-state index < -0.39 is 5.92 Å². The van der Waals surface area contributed by atoms with Crippen LogP contribution < -0.4 is 0 Å². The third kappa shape index (κ3) is 2.71. The van der Waals surface area contributed by atoms with Gasteiger partial charge in [0.2, 0.25) is 5.91 Å². The van der Waals surface area contributed by atoms with Crippen molar-refractivity contribution in [2.24, 2.45) is 5.92 Å². The van der Waals surface area contributed by atoms with Crippen molar-refractivity contribution >= 4 is 17.7 Å². The lowest BCUT2D eigenvalue weighted by atomic mass is 9.78. The molecule has 18 heavy (non-hydrogen) atoms. The maximum Gasteiger partial charge on any atom is 0.307 e. The Hall–Kier alpha value is -1.39. The Kier molecular flexibility index (Phi) is 4.14. The molecule has 1 aliphatic rings. The summed E-state index contributed by atoms with van der Waals surface area (Å²) in [4.78, 5) is 36.5. The van der Waals surface area contributed by atoms with Gasteiger partial charge in [0.05, 0.1) is 19.1 Å². The van der Waals surface area contributed by atoms with E-state index in [2.05, 4.69) is 0 Å². The normalized spacial score (nSPS) is 23.6. The molecule has 5 heteroatoms. The highest BCUT2D eigenvalue weighted by Crippen LogP contribution is 2.36. The number of carbonyl (C=O) groups is 3. The second-order valence-corrected chi connectivity index (χ2v) is 5.54. The standard InChI is InChI=1S/C13H21NO4/c1-6-18-10(16)7-9-11(8(2)15)12(17)14(9)13(3,4)5/h9,11H,6-7H2,1-5H3/t9-,11-/m1/s1. The van der Waals surface area contributed by atoms with Crippen LogP contribution in [0, 0.1) is 5.92 Å². The summed E-state index contributed by atoms with van der Waals surface area (Å²) in [5.74, 6) is -1.43. The van der Waals surface area contributed by atoms with Crippen LogP contribution in [0.25, 0.3) is 0 Å². The number of β-lactam (4-membered cyclic amide) rings is 1. The molecule has 0 unspecified atom stereocenters. The van der Waals surface area contributed by atoms with Gasteiger partial charge >= 0.3 is 5.97 Å². The molecular formula is C13H21NO4. The van der Waals surface area contributed by atoms with Gasteiger partial charge in [-0.05, 0) is 34.6 Å². The van der Waals surface area contributed by atoms with E-state index in [1.807, 2.05) is 20.8 Å². The molecule has 5 nitrogen and oxygen atoms in total. The van der Waals surface area contributed by atoms with Gasteiger partial charge in [0, 0.05) is 5.54 Å². The maximum atomic E-state index is 12.0. The lowest BCUT2D eigenvalue weighted by molar-refractivity contribution is -0.172. The first-order chi connectivity index (χ1) is 8.20. The van der Waals surface area contributed by atoms with Crippen LogP contribution in [0.4, 0.5) is 0 Å². The number of amides is 1. The van der Waals surface area contributed by atoms with E-state index in [1.165, 1.54) is 6.92 Å². The van der Waals surface area contributed by atoms with E-state index in [-0.39, 0.29) is 35.7 Å². The van der Waals surface area contributed by atoms with Crippen molar-refractivity contribution in [3.05, 3.63) is 0 Å². The third-order valence-electron chi connectivity index (χ3n) is 3.06. The molecule has 0 saturated carbocycles. The third-order valence-corrected chi connectivity index (χ3v) is 3.06. The van der Waals surface area contributed by atoms with Crippen molar-refractivity contribution in [2.75, 3.05) is 6.61 Å². The molecule has 1 saturated heterocycles. The second-order valence-electron chi connectivity index (χ2n) is 5.54. The average molecular weight is 255 g/mol. The number of hydrogen-bond acceptors (Lipinski definition) is 4. The predicted octanol–water partition coefficient (Wildman–Crippen LogP) is 1.15. The molecule has 0 aromatic carbocycles. The zero-order chi connectivity index (χ0) is 14.1. The fraction of sp³-hybridized carbons (Fsp3) is 0.769. The van der Waals surface area contributed by atoms with Crippen molar-refractivity contribution in [3.8, 4) is 0 Å². The Labute approximate surface area is 107 Å². The Bertz CT molecular complexity index is 370. The largest absolute Gasteiger partial charge is 0.466 e. The van der Waals surface area contributed by atoms with E-state index >= 15 is 0 Å². The molecule has 0 aromatic heterocycles. The smallest absolute Gasteiger partial charge is 0.307 e. The van der Waals surface area contributed by atoms with Gasteiger partial charge in [-0.25, -0.2) is 0 Å². The fourth-order valence-electron chi connectivity index (χ4n) is 2.42. The number of nitrogens with zero attached hydrogens (tertiary/aromatic N) is 1. The molecule has 0 aliphatic carbocycles. The minimum Gasteiger partial charge on any atom is -0.466 e. The molecule has 1 aliphatic heterocycles. The van der Waals surface area contributed by atoms with E-state index in [0.717, 1.165) is 0 Å². The predicted molar refractivity (Wildman–Crippen MR) is 65.8 cm³/mol. The number of ether oxygens (including phenoxy) is 1. The maximum absolute atomic E-state index is 12.0. The number of ketones is 1. The highest BCUT2D eigenvalue weighted by atomic mass is 16.5. The number of carbonyl (C=O) groups excluding carboxylic acids is 3. The number of likely N-dealkylation sites (tertiary alicyclic amines) is 1. The zero-order valence-corrected chi connectivity index (χ0v) is 11.6. The second kappa shape index (κ2) is 5.08. The number of rotatable bonds is 4. The van der Waals surface area contributed by atoms with Crippen molar-refractivity contribution in [2.45, 2.75) is 52.6 Å². The van der Waals surface area contributed by atoms with Gasteiger partial charge in [-0.1, -0.05) is 0 Å². The van der Waals surface area contributed by atoms with Crippen molar-refractivity contribution in [1.29, 1.82) is 0 Å². The van der Waals surface area contributed by atoms with E-state index in [4.69, 9.17) is 4.74 Å². The fourth-order valence-corrected chi connectivity index (χ4v) is 2.42. The van der Waals surface area contributed by atoms with Crippen LogP contribution >= 0.6 is 0 Å². The van der Waals surface area contributed by atoms with Gasteiger partial charge in [-0.15, -0.1) is 0 Å². The van der Waals surface area contributed by atoms with Crippen LogP contribution in [0.2, 0.25) is 0 Å². The summed E-state index contributed by atoms with van der Waals surface area (Å²) >= 11 is 0. The molecule has 1 rings (SSSR count). The van der Waals surface area contributed by atoms with Gasteiger partial charge in [0.1, 0.15) is 11.7 Å². The van der Waals surface area contributed by atoms with Crippen LogP contribution in [0.1, 0.15) is 41.0 Å². The molecule has 0 radical (unpaired) electrons. The van der Waals surface area contributed by atoms with Crippen LogP contribution in [-0.4, -0.2) is 40.7 Å².